The molecule has 2 fully saturated rings. The van der Waals surface area contributed by atoms with Crippen LogP contribution in [-0.4, -0.2) is 28.9 Å². The number of carbonyl (C=O) groups excluding carboxylic acids is 2. The number of alkyl halides is 3. The zero-order valence-corrected chi connectivity index (χ0v) is 12.1. The van der Waals surface area contributed by atoms with Gasteiger partial charge in [0.05, 0.1) is 5.56 Å². The van der Waals surface area contributed by atoms with Crippen molar-refractivity contribution in [2.45, 2.75) is 37.5 Å². The van der Waals surface area contributed by atoms with Crippen molar-refractivity contribution >= 4 is 17.6 Å². The van der Waals surface area contributed by atoms with Crippen LogP contribution in [0.2, 0.25) is 0 Å². The minimum absolute atomic E-state index is 0.0123. The molecule has 3 amide bonds. The van der Waals surface area contributed by atoms with Crippen LogP contribution in [0.3, 0.4) is 0 Å². The lowest BCUT2D eigenvalue weighted by atomic mass is 9.98. The molecule has 3 atom stereocenters. The highest BCUT2D eigenvalue weighted by molar-refractivity contribution is 5.97. The number of hydrogen-bond donors (Lipinski definition) is 2. The fourth-order valence-electron chi connectivity index (χ4n) is 3.63. The Kier molecular flexibility index (Phi) is 3.69. The first kappa shape index (κ1) is 15.6. The van der Waals surface area contributed by atoms with Crippen LogP contribution in [0.5, 0.6) is 0 Å². The van der Waals surface area contributed by atoms with E-state index in [9.17, 15) is 22.8 Å². The van der Waals surface area contributed by atoms with Crippen LogP contribution in [-0.2, 0) is 11.0 Å². The lowest BCUT2D eigenvalue weighted by Gasteiger charge is -2.32. The van der Waals surface area contributed by atoms with Gasteiger partial charge >= 0.3 is 12.2 Å². The molecule has 1 saturated carbocycles. The third-order valence-electron chi connectivity index (χ3n) is 4.57. The number of nitrogens with two attached hydrogens (primary N) is 1. The van der Waals surface area contributed by atoms with E-state index in [0.29, 0.717) is 6.42 Å². The number of benzene rings is 1. The summed E-state index contributed by atoms with van der Waals surface area (Å²) in [4.78, 5) is 25.4. The van der Waals surface area contributed by atoms with E-state index >= 15 is 0 Å². The predicted octanol–water partition coefficient (Wildman–Crippen LogP) is 2.58. The zero-order valence-electron chi connectivity index (χ0n) is 12.1. The summed E-state index contributed by atoms with van der Waals surface area (Å²) in [5, 5.41) is 2.48. The van der Waals surface area contributed by atoms with E-state index in [1.165, 1.54) is 17.0 Å². The molecule has 1 aromatic rings. The highest BCUT2D eigenvalue weighted by atomic mass is 19.4. The molecule has 0 radical (unpaired) electrons. The van der Waals surface area contributed by atoms with Gasteiger partial charge in [-0.2, -0.15) is 13.2 Å². The molecule has 1 aromatic carbocycles. The summed E-state index contributed by atoms with van der Waals surface area (Å²) in [5.41, 5.74) is 4.56. The number of rotatable bonds is 2. The first-order valence-electron chi connectivity index (χ1n) is 7.33. The Labute approximate surface area is 130 Å². The van der Waals surface area contributed by atoms with Crippen molar-refractivity contribution in [2.24, 2.45) is 11.7 Å². The SMILES string of the molecule is NC(=O)N1C2CCC(C2)[C@@H]1C(=O)Nc1cccc(C(F)(F)F)c1. The van der Waals surface area contributed by atoms with Gasteiger partial charge in [0, 0.05) is 11.7 Å². The minimum atomic E-state index is -4.48. The average Bonchev–Trinajstić information content (AvgIpc) is 3.07. The van der Waals surface area contributed by atoms with Crippen LogP contribution in [0.25, 0.3) is 0 Å². The molecule has 3 N–H and O–H groups in total. The van der Waals surface area contributed by atoms with Gasteiger partial charge in [0.1, 0.15) is 6.04 Å². The maximum absolute atomic E-state index is 12.7. The van der Waals surface area contributed by atoms with Gasteiger partial charge in [-0.25, -0.2) is 4.79 Å². The fourth-order valence-corrected chi connectivity index (χ4v) is 3.63. The standard InChI is InChI=1S/C15H16F3N3O2/c16-15(17,18)9-2-1-3-10(7-9)20-13(22)12-8-4-5-11(6-8)21(12)14(19)23/h1-3,7-8,11-12H,4-6H2,(H2,19,23)(H,20,22)/t8?,11?,12-/m1/s1. The first-order chi connectivity index (χ1) is 10.8. The fraction of sp³-hybridized carbons (Fsp3) is 0.467. The Hall–Kier alpha value is -2.25. The molecule has 8 heteroatoms. The summed E-state index contributed by atoms with van der Waals surface area (Å²) in [5.74, 6) is -0.478. The quantitative estimate of drug-likeness (QED) is 0.876. The van der Waals surface area contributed by atoms with Crippen LogP contribution in [0.4, 0.5) is 23.7 Å². The second-order valence-corrected chi connectivity index (χ2v) is 5.99. The zero-order chi connectivity index (χ0) is 16.8. The van der Waals surface area contributed by atoms with Gasteiger partial charge in [0.2, 0.25) is 5.91 Å². The largest absolute Gasteiger partial charge is 0.416 e. The number of amides is 3. The average molecular weight is 327 g/mol. The monoisotopic (exact) mass is 327 g/mol. The Morgan fingerprint density at radius 3 is 2.65 bits per heavy atom. The summed E-state index contributed by atoms with van der Waals surface area (Å²) >= 11 is 0. The van der Waals surface area contributed by atoms with Crippen LogP contribution in [0.15, 0.2) is 24.3 Å². The molecule has 2 unspecified atom stereocenters. The summed E-state index contributed by atoms with van der Waals surface area (Å²) in [6.45, 7) is 0. The van der Waals surface area contributed by atoms with Crippen molar-refractivity contribution in [3.8, 4) is 0 Å². The van der Waals surface area contributed by atoms with Crippen LogP contribution in [0.1, 0.15) is 24.8 Å². The number of piperidine rings is 1. The molecule has 1 aliphatic carbocycles. The number of anilines is 1. The number of halogens is 3. The van der Waals surface area contributed by atoms with Gasteiger partial charge in [0.25, 0.3) is 0 Å². The van der Waals surface area contributed by atoms with Crippen molar-refractivity contribution in [3.63, 3.8) is 0 Å². The molecule has 124 valence electrons. The summed E-state index contributed by atoms with van der Waals surface area (Å²) in [6.07, 6.45) is -2.15. The molecule has 1 heterocycles. The maximum Gasteiger partial charge on any atom is 0.416 e. The normalized spacial score (nSPS) is 26.4. The van der Waals surface area contributed by atoms with E-state index in [1.807, 2.05) is 0 Å². The Balaban J connectivity index is 1.78. The predicted molar refractivity (Wildman–Crippen MR) is 76.4 cm³/mol. The number of nitrogens with one attached hydrogen (secondary N) is 1. The number of carbonyl (C=O) groups is 2. The number of likely N-dealkylation sites (tertiary alicyclic amines) is 1. The van der Waals surface area contributed by atoms with E-state index in [1.54, 1.807) is 0 Å². The minimum Gasteiger partial charge on any atom is -0.351 e. The second kappa shape index (κ2) is 5.43. The van der Waals surface area contributed by atoms with Crippen molar-refractivity contribution < 1.29 is 22.8 Å². The molecule has 23 heavy (non-hydrogen) atoms. The Bertz CT molecular complexity index is 647. The number of primary amides is 1. The third-order valence-corrected chi connectivity index (χ3v) is 4.57. The van der Waals surface area contributed by atoms with Crippen LogP contribution >= 0.6 is 0 Å². The molecule has 3 rings (SSSR count). The molecule has 2 bridgehead atoms. The first-order valence-corrected chi connectivity index (χ1v) is 7.33. The van der Waals surface area contributed by atoms with Crippen molar-refractivity contribution in [1.29, 1.82) is 0 Å². The van der Waals surface area contributed by atoms with Crippen molar-refractivity contribution in [3.05, 3.63) is 29.8 Å². The summed E-state index contributed by atoms with van der Waals surface area (Å²) in [7, 11) is 0. The second-order valence-electron chi connectivity index (χ2n) is 5.99. The third kappa shape index (κ3) is 2.85. The Morgan fingerprint density at radius 1 is 1.26 bits per heavy atom. The number of nitrogens with zero attached hydrogens (tertiary/aromatic N) is 1. The van der Waals surface area contributed by atoms with E-state index in [2.05, 4.69) is 5.32 Å². The molecule has 5 nitrogen and oxygen atoms in total. The van der Waals surface area contributed by atoms with E-state index in [0.717, 1.165) is 25.0 Å². The smallest absolute Gasteiger partial charge is 0.351 e. The maximum atomic E-state index is 12.7. The summed E-state index contributed by atoms with van der Waals surface area (Å²) < 4.78 is 38.1. The van der Waals surface area contributed by atoms with Crippen molar-refractivity contribution in [1.82, 2.24) is 4.90 Å². The van der Waals surface area contributed by atoms with Crippen LogP contribution < -0.4 is 11.1 Å². The molecular formula is C15H16F3N3O2. The molecule has 1 saturated heterocycles. The topological polar surface area (TPSA) is 75.4 Å². The highest BCUT2D eigenvalue weighted by Gasteiger charge is 2.50. The molecular weight excluding hydrogens is 311 g/mol. The molecule has 2 aliphatic rings. The van der Waals surface area contributed by atoms with Gasteiger partial charge in [-0.05, 0) is 43.4 Å². The van der Waals surface area contributed by atoms with E-state index < -0.39 is 29.7 Å². The van der Waals surface area contributed by atoms with E-state index in [-0.39, 0.29) is 17.6 Å². The van der Waals surface area contributed by atoms with Gasteiger partial charge in [-0.15, -0.1) is 0 Å². The van der Waals surface area contributed by atoms with Gasteiger partial charge in [-0.1, -0.05) is 6.07 Å². The Morgan fingerprint density at radius 2 is 2.00 bits per heavy atom. The highest BCUT2D eigenvalue weighted by Crippen LogP contribution is 2.42. The van der Waals surface area contributed by atoms with Crippen molar-refractivity contribution in [2.75, 3.05) is 5.32 Å². The van der Waals surface area contributed by atoms with Crippen LogP contribution in [0, 0.1) is 5.92 Å². The lowest BCUT2D eigenvalue weighted by Crippen LogP contribution is -2.52. The number of urea groups is 1. The number of hydrogen-bond acceptors (Lipinski definition) is 2. The van der Waals surface area contributed by atoms with Gasteiger partial charge < -0.3 is 16.0 Å². The number of fused-ring (bicyclic) bond motifs is 2. The summed E-state index contributed by atoms with van der Waals surface area (Å²) in [6, 6.07) is 3.00. The molecule has 0 aromatic heterocycles. The molecule has 0 spiro atoms. The molecule has 1 aliphatic heterocycles. The lowest BCUT2D eigenvalue weighted by molar-refractivity contribution is -0.137. The van der Waals surface area contributed by atoms with Gasteiger partial charge in [0.15, 0.2) is 0 Å². The van der Waals surface area contributed by atoms with E-state index in [4.69, 9.17) is 5.73 Å². The van der Waals surface area contributed by atoms with Gasteiger partial charge in [-0.3, -0.25) is 4.79 Å².